The fraction of sp³-hybridized carbons (Fsp3) is 0.885. The molecule has 224 valence electrons. The Morgan fingerprint density at radius 3 is 1.74 bits per heavy atom. The fourth-order valence-corrected chi connectivity index (χ4v) is 4.42. The number of aliphatic carboxylic acids is 1. The summed E-state index contributed by atoms with van der Waals surface area (Å²) in [7, 11) is -4.71. The Hall–Kier alpha value is -1.52. The number of aliphatic hydroxyl groups is 1. The molecule has 0 aromatic heterocycles. The molecule has 0 spiro atoms. The first-order chi connectivity index (χ1) is 18.1. The van der Waals surface area contributed by atoms with Crippen LogP contribution in [0, 0.1) is 0 Å². The van der Waals surface area contributed by atoms with Gasteiger partial charge in [-0.25, -0.2) is 9.36 Å². The van der Waals surface area contributed by atoms with E-state index in [1.165, 1.54) is 57.8 Å². The van der Waals surface area contributed by atoms with Gasteiger partial charge in [-0.15, -0.1) is 0 Å². The molecule has 1 amide bonds. The lowest BCUT2D eigenvalue weighted by Gasteiger charge is -2.18. The largest absolute Gasteiger partial charge is 0.480 e. The molecule has 0 aromatic carbocycles. The van der Waals surface area contributed by atoms with Crippen molar-refractivity contribution in [1.82, 2.24) is 5.32 Å². The number of nitrogens with one attached hydrogen (secondary N) is 1. The first-order valence-electron chi connectivity index (χ1n) is 14.1. The van der Waals surface area contributed by atoms with Crippen LogP contribution in [0.2, 0.25) is 0 Å². The lowest BCUT2D eigenvalue weighted by molar-refractivity contribution is -0.147. The first kappa shape index (κ1) is 36.5. The summed E-state index contributed by atoms with van der Waals surface area (Å²) >= 11 is 0. The zero-order valence-electron chi connectivity index (χ0n) is 23.2. The molecule has 0 saturated carbocycles. The van der Waals surface area contributed by atoms with E-state index in [9.17, 15) is 34.1 Å². The number of aliphatic hydroxyl groups excluding tert-OH is 1. The summed E-state index contributed by atoms with van der Waals surface area (Å²) in [5.41, 5.74) is 0. The van der Waals surface area contributed by atoms with E-state index < -0.39 is 57.6 Å². The van der Waals surface area contributed by atoms with Crippen molar-refractivity contribution in [3.63, 3.8) is 0 Å². The maximum atomic E-state index is 12.1. The molecule has 0 rings (SSSR count). The number of rotatable bonds is 26. The average molecular weight is 568 g/mol. The van der Waals surface area contributed by atoms with Crippen LogP contribution in [0.5, 0.6) is 0 Å². The van der Waals surface area contributed by atoms with Crippen LogP contribution in [-0.4, -0.2) is 64.9 Å². The van der Waals surface area contributed by atoms with Crippen LogP contribution in [0.4, 0.5) is 0 Å². The highest BCUT2D eigenvalue weighted by Crippen LogP contribution is 2.43. The van der Waals surface area contributed by atoms with E-state index in [0.717, 1.165) is 19.3 Å². The van der Waals surface area contributed by atoms with Gasteiger partial charge >= 0.3 is 19.8 Å². The minimum absolute atomic E-state index is 0.151. The topological polar surface area (TPSA) is 169 Å². The molecular weight excluding hydrogens is 517 g/mol. The molecular formula is C26H50NO10P. The summed E-state index contributed by atoms with van der Waals surface area (Å²) in [6.45, 7) is 2.11. The molecule has 0 aliphatic heterocycles. The minimum atomic E-state index is -4.71. The van der Waals surface area contributed by atoms with Crippen LogP contribution in [0.15, 0.2) is 0 Å². The average Bonchev–Trinajstić information content (AvgIpc) is 2.87. The zero-order valence-corrected chi connectivity index (χ0v) is 24.1. The van der Waals surface area contributed by atoms with Crippen molar-refractivity contribution in [2.24, 2.45) is 0 Å². The number of phosphoric acid groups is 1. The second kappa shape index (κ2) is 23.4. The number of hydrogen-bond donors (Lipinski definition) is 4. The van der Waals surface area contributed by atoms with Gasteiger partial charge in [0, 0.05) is 12.8 Å². The quantitative estimate of drug-likeness (QED) is 0.0642. The molecule has 0 radical (unpaired) electrons. The summed E-state index contributed by atoms with van der Waals surface area (Å²) in [5, 5.41) is 21.3. The van der Waals surface area contributed by atoms with E-state index in [2.05, 4.69) is 21.3 Å². The molecule has 3 unspecified atom stereocenters. The molecule has 3 atom stereocenters. The SMILES string of the molecule is CCCCCCCCCCCCCCCC(=O)NC(COP(=O)(O)OCC(O)COC(=O)CCC)C(=O)O. The molecule has 0 fully saturated rings. The van der Waals surface area contributed by atoms with Gasteiger partial charge in [-0.3, -0.25) is 18.6 Å². The highest BCUT2D eigenvalue weighted by Gasteiger charge is 2.28. The number of ether oxygens (including phenoxy) is 1. The van der Waals surface area contributed by atoms with Gasteiger partial charge in [-0.1, -0.05) is 90.9 Å². The third-order valence-electron chi connectivity index (χ3n) is 5.87. The number of hydrogen-bond acceptors (Lipinski definition) is 8. The summed E-state index contributed by atoms with van der Waals surface area (Å²) in [5.74, 6) is -2.43. The van der Waals surface area contributed by atoms with Crippen LogP contribution in [0.1, 0.15) is 117 Å². The Morgan fingerprint density at radius 1 is 0.737 bits per heavy atom. The number of phosphoric ester groups is 1. The molecule has 0 heterocycles. The number of carboxylic acid groups (broad SMARTS) is 1. The molecule has 12 heteroatoms. The van der Waals surface area contributed by atoms with E-state index in [-0.39, 0.29) is 12.8 Å². The van der Waals surface area contributed by atoms with E-state index in [4.69, 9.17) is 4.74 Å². The van der Waals surface area contributed by atoms with Crippen LogP contribution in [-0.2, 0) is 32.7 Å². The number of carboxylic acids is 1. The molecule has 0 bridgehead atoms. The van der Waals surface area contributed by atoms with Gasteiger partial charge in [0.2, 0.25) is 5.91 Å². The van der Waals surface area contributed by atoms with E-state index in [1.54, 1.807) is 6.92 Å². The van der Waals surface area contributed by atoms with Crippen molar-refractivity contribution in [2.75, 3.05) is 19.8 Å². The smallest absolute Gasteiger partial charge is 0.472 e. The molecule has 11 nitrogen and oxygen atoms in total. The highest BCUT2D eigenvalue weighted by molar-refractivity contribution is 7.47. The third-order valence-corrected chi connectivity index (χ3v) is 6.82. The van der Waals surface area contributed by atoms with Crippen molar-refractivity contribution < 1.29 is 47.8 Å². The highest BCUT2D eigenvalue weighted by atomic mass is 31.2. The molecule has 0 aliphatic rings. The van der Waals surface area contributed by atoms with Crippen molar-refractivity contribution in [3.8, 4) is 0 Å². The summed E-state index contributed by atoms with van der Waals surface area (Å²) < 4.78 is 26.0. The number of amides is 1. The predicted octanol–water partition coefficient (Wildman–Crippen LogP) is 4.87. The third kappa shape index (κ3) is 22.5. The fourth-order valence-electron chi connectivity index (χ4n) is 3.64. The number of carbonyl (C=O) groups excluding carboxylic acids is 2. The molecule has 0 aromatic rings. The number of carbonyl (C=O) groups is 3. The van der Waals surface area contributed by atoms with Crippen LogP contribution in [0.3, 0.4) is 0 Å². The summed E-state index contributed by atoms with van der Waals surface area (Å²) in [6, 6.07) is -1.53. The number of unbranched alkanes of at least 4 members (excludes halogenated alkanes) is 12. The number of esters is 1. The zero-order chi connectivity index (χ0) is 28.7. The van der Waals surface area contributed by atoms with Crippen molar-refractivity contribution in [2.45, 2.75) is 129 Å². The normalized spacial score (nSPS) is 14.4. The Labute approximate surface area is 227 Å². The van der Waals surface area contributed by atoms with Gasteiger partial charge < -0.3 is 25.2 Å². The van der Waals surface area contributed by atoms with E-state index in [1.807, 2.05) is 0 Å². The molecule has 4 N–H and O–H groups in total. The second-order valence-corrected chi connectivity index (χ2v) is 11.1. The van der Waals surface area contributed by atoms with Crippen LogP contribution < -0.4 is 5.32 Å². The second-order valence-electron chi connectivity index (χ2n) is 9.60. The van der Waals surface area contributed by atoms with Crippen LogP contribution >= 0.6 is 7.82 Å². The van der Waals surface area contributed by atoms with Crippen molar-refractivity contribution in [3.05, 3.63) is 0 Å². The lowest BCUT2D eigenvalue weighted by Crippen LogP contribution is -2.43. The van der Waals surface area contributed by atoms with Gasteiger partial charge in [-0.2, -0.15) is 0 Å². The summed E-state index contributed by atoms with van der Waals surface area (Å²) in [6.07, 6.45) is 14.8. The van der Waals surface area contributed by atoms with E-state index >= 15 is 0 Å². The monoisotopic (exact) mass is 567 g/mol. The maximum absolute atomic E-state index is 12.1. The van der Waals surface area contributed by atoms with Gasteiger partial charge in [0.05, 0.1) is 13.2 Å². The maximum Gasteiger partial charge on any atom is 0.472 e. The van der Waals surface area contributed by atoms with Crippen LogP contribution in [0.25, 0.3) is 0 Å². The van der Waals surface area contributed by atoms with E-state index in [0.29, 0.717) is 12.8 Å². The summed E-state index contributed by atoms with van der Waals surface area (Å²) in [4.78, 5) is 44.5. The van der Waals surface area contributed by atoms with Crippen molar-refractivity contribution in [1.29, 1.82) is 0 Å². The molecule has 0 saturated heterocycles. The van der Waals surface area contributed by atoms with Gasteiger partial charge in [0.15, 0.2) is 6.04 Å². The van der Waals surface area contributed by atoms with Gasteiger partial charge in [0.1, 0.15) is 12.7 Å². The lowest BCUT2D eigenvalue weighted by atomic mass is 10.0. The van der Waals surface area contributed by atoms with Crippen molar-refractivity contribution >= 4 is 25.7 Å². The Bertz CT molecular complexity index is 691. The standard InChI is InChI=1S/C26H50NO10P/c1-3-5-6-7-8-9-10-11-12-13-14-15-16-18-24(29)27-23(26(31)32)21-37-38(33,34)36-20-22(28)19-35-25(30)17-4-2/h22-23,28H,3-21H2,1-2H3,(H,27,29)(H,31,32)(H,33,34). The Balaban J connectivity index is 4.01. The van der Waals surface area contributed by atoms with Gasteiger partial charge in [0.25, 0.3) is 0 Å². The molecule has 38 heavy (non-hydrogen) atoms. The minimum Gasteiger partial charge on any atom is -0.480 e. The predicted molar refractivity (Wildman–Crippen MR) is 143 cm³/mol. The Kier molecular flexibility index (Phi) is 22.4. The van der Waals surface area contributed by atoms with Gasteiger partial charge in [-0.05, 0) is 12.8 Å². The molecule has 0 aliphatic carbocycles. The Morgan fingerprint density at radius 2 is 1.24 bits per heavy atom. The first-order valence-corrected chi connectivity index (χ1v) is 15.6.